The van der Waals surface area contributed by atoms with Crippen LogP contribution in [0.2, 0.25) is 0 Å². The van der Waals surface area contributed by atoms with E-state index < -0.39 is 0 Å². The van der Waals surface area contributed by atoms with E-state index in [0.29, 0.717) is 23.5 Å². The van der Waals surface area contributed by atoms with E-state index in [4.69, 9.17) is 4.74 Å². The Bertz CT molecular complexity index is 478. The van der Waals surface area contributed by atoms with Gasteiger partial charge in [-0.2, -0.15) is 0 Å². The quantitative estimate of drug-likeness (QED) is 0.764. The Hall–Kier alpha value is -1.28. The smallest absolute Gasteiger partial charge is 0.121 e. The van der Waals surface area contributed by atoms with Crippen molar-refractivity contribution in [2.24, 2.45) is 17.8 Å². The van der Waals surface area contributed by atoms with Crippen LogP contribution in [-0.4, -0.2) is 11.7 Å². The van der Waals surface area contributed by atoms with Crippen LogP contribution in [0.15, 0.2) is 35.9 Å². The first-order valence-electron chi connectivity index (χ1n) is 6.74. The van der Waals surface area contributed by atoms with Crippen molar-refractivity contribution in [2.45, 2.75) is 26.4 Å². The molecule has 1 N–H and O–H groups in total. The number of ether oxygens (including phenoxy) is 1. The molecular weight excluding hydrogens is 224 g/mol. The lowest BCUT2D eigenvalue weighted by atomic mass is 9.71. The molecule has 0 spiro atoms. The zero-order valence-electron chi connectivity index (χ0n) is 11.0. The molecule has 0 saturated carbocycles. The SMILES string of the molecule is CC1=CC(C)C2COC(c3ccccc3O)C1C2. The van der Waals surface area contributed by atoms with Crippen molar-refractivity contribution in [3.05, 3.63) is 41.5 Å². The van der Waals surface area contributed by atoms with Crippen molar-refractivity contribution >= 4 is 0 Å². The molecule has 0 amide bonds. The minimum Gasteiger partial charge on any atom is -0.508 e. The molecular formula is C16H20O2. The van der Waals surface area contributed by atoms with Crippen LogP contribution in [0.4, 0.5) is 0 Å². The first-order chi connectivity index (χ1) is 8.66. The number of hydrogen-bond donors (Lipinski definition) is 1. The third-order valence-corrected chi connectivity index (χ3v) is 4.51. The lowest BCUT2D eigenvalue weighted by Crippen LogP contribution is -2.35. The Balaban J connectivity index is 1.96. The molecule has 3 rings (SSSR count). The molecule has 0 aromatic heterocycles. The molecule has 4 atom stereocenters. The molecule has 1 aliphatic heterocycles. The molecule has 18 heavy (non-hydrogen) atoms. The topological polar surface area (TPSA) is 29.5 Å². The number of phenols is 1. The number of aromatic hydroxyl groups is 1. The maximum atomic E-state index is 10.00. The highest BCUT2D eigenvalue weighted by atomic mass is 16.5. The lowest BCUT2D eigenvalue weighted by Gasteiger charge is -2.42. The first-order valence-corrected chi connectivity index (χ1v) is 6.74. The Labute approximate surface area is 108 Å². The summed E-state index contributed by atoms with van der Waals surface area (Å²) in [7, 11) is 0. The Morgan fingerprint density at radius 1 is 1.28 bits per heavy atom. The van der Waals surface area contributed by atoms with Gasteiger partial charge >= 0.3 is 0 Å². The zero-order valence-corrected chi connectivity index (χ0v) is 11.0. The maximum absolute atomic E-state index is 10.00. The molecule has 2 heteroatoms. The molecule has 1 aliphatic carbocycles. The summed E-state index contributed by atoms with van der Waals surface area (Å²) in [6.45, 7) is 5.27. The third kappa shape index (κ3) is 1.85. The van der Waals surface area contributed by atoms with E-state index in [0.717, 1.165) is 12.2 Å². The van der Waals surface area contributed by atoms with Gasteiger partial charge in [0.15, 0.2) is 0 Å². The van der Waals surface area contributed by atoms with Crippen molar-refractivity contribution in [3.63, 3.8) is 0 Å². The average molecular weight is 244 g/mol. The number of phenolic OH excluding ortho intramolecular Hbond substituents is 1. The van der Waals surface area contributed by atoms with Crippen molar-refractivity contribution in [1.82, 2.24) is 0 Å². The molecule has 2 aliphatic rings. The Morgan fingerprint density at radius 3 is 2.83 bits per heavy atom. The van der Waals surface area contributed by atoms with Crippen LogP contribution in [0.3, 0.4) is 0 Å². The summed E-state index contributed by atoms with van der Waals surface area (Å²) in [4.78, 5) is 0. The molecule has 2 bridgehead atoms. The molecule has 2 nitrogen and oxygen atoms in total. The number of allylic oxidation sites excluding steroid dienone is 1. The molecule has 1 saturated heterocycles. The van der Waals surface area contributed by atoms with E-state index >= 15 is 0 Å². The number of rotatable bonds is 1. The standard InChI is InChI=1S/C16H20O2/c1-10-7-11(2)14-8-12(10)9-18-16(14)13-5-3-4-6-15(13)17/h3-7,10,12,14,16-17H,8-9H2,1-2H3. The van der Waals surface area contributed by atoms with E-state index in [2.05, 4.69) is 19.9 Å². The normalized spacial score (nSPS) is 35.1. The van der Waals surface area contributed by atoms with Crippen LogP contribution in [0.1, 0.15) is 31.9 Å². The van der Waals surface area contributed by atoms with Crippen LogP contribution >= 0.6 is 0 Å². The molecule has 96 valence electrons. The van der Waals surface area contributed by atoms with Gasteiger partial charge in [0.25, 0.3) is 0 Å². The second-order valence-corrected chi connectivity index (χ2v) is 5.68. The summed E-state index contributed by atoms with van der Waals surface area (Å²) in [5.41, 5.74) is 2.34. The molecule has 1 fully saturated rings. The number of hydrogen-bond acceptors (Lipinski definition) is 2. The molecule has 1 aromatic carbocycles. The Morgan fingerprint density at radius 2 is 2.06 bits per heavy atom. The van der Waals surface area contributed by atoms with Gasteiger partial charge in [0.05, 0.1) is 12.7 Å². The van der Waals surface area contributed by atoms with Gasteiger partial charge in [-0.1, -0.05) is 36.8 Å². The summed E-state index contributed by atoms with van der Waals surface area (Å²) >= 11 is 0. The van der Waals surface area contributed by atoms with Crippen LogP contribution in [0.25, 0.3) is 0 Å². The highest BCUT2D eigenvalue weighted by molar-refractivity contribution is 5.36. The first kappa shape index (κ1) is 11.8. The van der Waals surface area contributed by atoms with E-state index in [9.17, 15) is 5.11 Å². The van der Waals surface area contributed by atoms with Gasteiger partial charge in [0, 0.05) is 11.5 Å². The van der Waals surface area contributed by atoms with Gasteiger partial charge in [0.2, 0.25) is 0 Å². The highest BCUT2D eigenvalue weighted by Crippen LogP contribution is 2.47. The largest absolute Gasteiger partial charge is 0.508 e. The maximum Gasteiger partial charge on any atom is 0.121 e. The van der Waals surface area contributed by atoms with Gasteiger partial charge in [-0.15, -0.1) is 0 Å². The predicted molar refractivity (Wildman–Crippen MR) is 71.3 cm³/mol. The third-order valence-electron chi connectivity index (χ3n) is 4.51. The monoisotopic (exact) mass is 244 g/mol. The molecule has 0 radical (unpaired) electrons. The van der Waals surface area contributed by atoms with Crippen LogP contribution in [-0.2, 0) is 4.74 Å². The van der Waals surface area contributed by atoms with Gasteiger partial charge < -0.3 is 9.84 Å². The second-order valence-electron chi connectivity index (χ2n) is 5.68. The van der Waals surface area contributed by atoms with E-state index in [1.54, 1.807) is 6.07 Å². The van der Waals surface area contributed by atoms with Gasteiger partial charge in [0.1, 0.15) is 5.75 Å². The van der Waals surface area contributed by atoms with Crippen molar-refractivity contribution in [1.29, 1.82) is 0 Å². The van der Waals surface area contributed by atoms with Gasteiger partial charge in [-0.05, 0) is 31.2 Å². The fraction of sp³-hybridized carbons (Fsp3) is 0.500. The summed E-state index contributed by atoms with van der Waals surface area (Å²) in [5, 5.41) is 10.00. The lowest BCUT2D eigenvalue weighted by molar-refractivity contribution is -0.0627. The minimum absolute atomic E-state index is 0.0196. The predicted octanol–water partition coefficient (Wildman–Crippen LogP) is 3.68. The minimum atomic E-state index is 0.0196. The molecule has 1 aromatic rings. The fourth-order valence-corrected chi connectivity index (χ4v) is 3.36. The summed E-state index contributed by atoms with van der Waals surface area (Å²) < 4.78 is 6.05. The summed E-state index contributed by atoms with van der Waals surface area (Å²) in [6.07, 6.45) is 3.59. The van der Waals surface area contributed by atoms with Gasteiger partial charge in [-0.25, -0.2) is 0 Å². The highest BCUT2D eigenvalue weighted by Gasteiger charge is 2.38. The molecule has 4 unspecified atom stereocenters. The van der Waals surface area contributed by atoms with Crippen molar-refractivity contribution < 1.29 is 9.84 Å². The molecule has 1 heterocycles. The summed E-state index contributed by atoms with van der Waals surface area (Å²) in [6, 6.07) is 7.55. The van der Waals surface area contributed by atoms with Crippen LogP contribution in [0.5, 0.6) is 5.75 Å². The number of fused-ring (bicyclic) bond motifs is 2. The van der Waals surface area contributed by atoms with Crippen LogP contribution in [0, 0.1) is 17.8 Å². The van der Waals surface area contributed by atoms with E-state index in [-0.39, 0.29) is 6.10 Å². The van der Waals surface area contributed by atoms with Gasteiger partial charge in [-0.3, -0.25) is 0 Å². The summed E-state index contributed by atoms with van der Waals surface area (Å²) in [5.74, 6) is 2.04. The zero-order chi connectivity index (χ0) is 12.7. The van der Waals surface area contributed by atoms with Crippen molar-refractivity contribution in [2.75, 3.05) is 6.61 Å². The Kier molecular flexibility index (Phi) is 2.90. The number of benzene rings is 1. The fourth-order valence-electron chi connectivity index (χ4n) is 3.36. The van der Waals surface area contributed by atoms with E-state index in [1.165, 1.54) is 12.0 Å². The van der Waals surface area contributed by atoms with E-state index in [1.807, 2.05) is 18.2 Å². The average Bonchev–Trinajstić information content (AvgIpc) is 2.37. The number of para-hydroxylation sites is 1. The van der Waals surface area contributed by atoms with Crippen LogP contribution < -0.4 is 0 Å². The second kappa shape index (κ2) is 4.43. The van der Waals surface area contributed by atoms with Crippen molar-refractivity contribution in [3.8, 4) is 5.75 Å².